The highest BCUT2D eigenvalue weighted by molar-refractivity contribution is 14.1. The molecule has 0 aliphatic carbocycles. The number of aliphatic imine (C=N–C) groups is 1. The molecule has 0 unspecified atom stereocenters. The van der Waals surface area contributed by atoms with Gasteiger partial charge in [-0.25, -0.2) is 0 Å². The van der Waals surface area contributed by atoms with E-state index >= 15 is 0 Å². The number of amides is 1. The number of aromatic nitrogens is 1. The number of carbonyl (C=O) groups is 1. The number of rotatable bonds is 1. The van der Waals surface area contributed by atoms with Gasteiger partial charge in [-0.15, -0.1) is 0 Å². The van der Waals surface area contributed by atoms with Gasteiger partial charge in [0.2, 0.25) is 5.91 Å². The van der Waals surface area contributed by atoms with Gasteiger partial charge in [-0.2, -0.15) is 0 Å². The molecule has 94 valence electrons. The summed E-state index contributed by atoms with van der Waals surface area (Å²) in [7, 11) is 0. The summed E-state index contributed by atoms with van der Waals surface area (Å²) in [5, 5.41) is 2.86. The third-order valence-electron chi connectivity index (χ3n) is 2.80. The summed E-state index contributed by atoms with van der Waals surface area (Å²) >= 11 is 2.25. The maximum atomic E-state index is 11.7. The molecule has 0 fully saturated rings. The second-order valence-corrected chi connectivity index (χ2v) is 5.36. The Morgan fingerprint density at radius 3 is 2.89 bits per heavy atom. The molecule has 1 aliphatic rings. The Hall–Kier alpha value is -1.76. The molecule has 2 aromatic rings. The summed E-state index contributed by atoms with van der Waals surface area (Å²) in [5.74, 6) is -0.103. The molecule has 0 bridgehead atoms. The Labute approximate surface area is 124 Å². The molecule has 3 rings (SSSR count). The van der Waals surface area contributed by atoms with Crippen molar-refractivity contribution in [1.82, 2.24) is 4.98 Å². The Kier molecular flexibility index (Phi) is 3.29. The number of carbonyl (C=O) groups excluding carboxylic acids is 1. The first kappa shape index (κ1) is 12.3. The van der Waals surface area contributed by atoms with E-state index in [-0.39, 0.29) is 12.5 Å². The molecule has 1 amide bonds. The Balaban J connectivity index is 2.20. The van der Waals surface area contributed by atoms with Crippen LogP contribution in [-0.2, 0) is 4.79 Å². The second-order valence-electron chi connectivity index (χ2n) is 4.12. The molecule has 0 radical (unpaired) electrons. The van der Waals surface area contributed by atoms with Crippen LogP contribution >= 0.6 is 22.6 Å². The number of halogens is 1. The third-order valence-corrected chi connectivity index (χ3v) is 3.47. The molecule has 0 saturated heterocycles. The fraction of sp³-hybridized carbons (Fsp3) is 0.0714. The number of hydrogen-bond acceptors (Lipinski definition) is 3. The summed E-state index contributed by atoms with van der Waals surface area (Å²) < 4.78 is 1.09. The van der Waals surface area contributed by atoms with Crippen LogP contribution in [0.25, 0.3) is 0 Å². The lowest BCUT2D eigenvalue weighted by molar-refractivity contribution is -0.114. The van der Waals surface area contributed by atoms with E-state index in [1.165, 1.54) is 0 Å². The summed E-state index contributed by atoms with van der Waals surface area (Å²) in [6.07, 6.45) is 1.73. The summed E-state index contributed by atoms with van der Waals surface area (Å²) in [6.45, 7) is 0.122. The quantitative estimate of drug-likeness (QED) is 0.792. The van der Waals surface area contributed by atoms with Gasteiger partial charge in [0.05, 0.1) is 17.1 Å². The zero-order chi connectivity index (χ0) is 13.2. The maximum Gasteiger partial charge on any atom is 0.246 e. The van der Waals surface area contributed by atoms with E-state index in [1.54, 1.807) is 6.20 Å². The number of anilines is 1. The lowest BCUT2D eigenvalue weighted by Crippen LogP contribution is -2.13. The molecule has 1 aromatic heterocycles. The normalized spacial score (nSPS) is 14.2. The van der Waals surface area contributed by atoms with Crippen LogP contribution < -0.4 is 5.32 Å². The summed E-state index contributed by atoms with van der Waals surface area (Å²) in [5.41, 5.74) is 3.23. The molecule has 0 saturated carbocycles. The maximum absolute atomic E-state index is 11.7. The predicted octanol–water partition coefficient (Wildman–Crippen LogP) is 2.48. The van der Waals surface area contributed by atoms with Gasteiger partial charge in [-0.1, -0.05) is 6.07 Å². The van der Waals surface area contributed by atoms with Crippen molar-refractivity contribution in [3.63, 3.8) is 0 Å². The Morgan fingerprint density at radius 2 is 2.11 bits per heavy atom. The van der Waals surface area contributed by atoms with E-state index in [0.29, 0.717) is 0 Å². The first-order valence-corrected chi connectivity index (χ1v) is 6.87. The average Bonchev–Trinajstić information content (AvgIpc) is 2.58. The smallest absolute Gasteiger partial charge is 0.246 e. The van der Waals surface area contributed by atoms with E-state index in [4.69, 9.17) is 0 Å². The van der Waals surface area contributed by atoms with Gasteiger partial charge in [0, 0.05) is 15.3 Å². The number of benzene rings is 1. The predicted molar refractivity (Wildman–Crippen MR) is 82.5 cm³/mol. The van der Waals surface area contributed by atoms with Crippen molar-refractivity contribution in [2.24, 2.45) is 4.99 Å². The van der Waals surface area contributed by atoms with Crippen LogP contribution in [0.1, 0.15) is 11.3 Å². The van der Waals surface area contributed by atoms with Crippen molar-refractivity contribution in [2.45, 2.75) is 0 Å². The minimum Gasteiger partial charge on any atom is -0.324 e. The van der Waals surface area contributed by atoms with Crippen LogP contribution in [0.3, 0.4) is 0 Å². The van der Waals surface area contributed by atoms with Crippen LogP contribution in [0.2, 0.25) is 0 Å². The van der Waals surface area contributed by atoms with Crippen molar-refractivity contribution in [3.05, 3.63) is 57.4 Å². The number of hydrogen-bond donors (Lipinski definition) is 1. The number of nitrogens with one attached hydrogen (secondary N) is 1. The van der Waals surface area contributed by atoms with Crippen molar-refractivity contribution in [2.75, 3.05) is 11.9 Å². The van der Waals surface area contributed by atoms with Gasteiger partial charge in [-0.3, -0.25) is 14.8 Å². The average molecular weight is 363 g/mol. The minimum absolute atomic E-state index is 0.103. The molecule has 1 aromatic carbocycles. The highest BCUT2D eigenvalue weighted by atomic mass is 127. The second kappa shape index (κ2) is 5.08. The number of benzodiazepines with no additional fused rings is 1. The van der Waals surface area contributed by atoms with Crippen LogP contribution in [0, 0.1) is 3.57 Å². The molecule has 2 heterocycles. The first-order chi connectivity index (χ1) is 9.24. The van der Waals surface area contributed by atoms with Crippen molar-refractivity contribution in [1.29, 1.82) is 0 Å². The lowest BCUT2D eigenvalue weighted by Gasteiger charge is -2.09. The van der Waals surface area contributed by atoms with E-state index < -0.39 is 0 Å². The van der Waals surface area contributed by atoms with E-state index in [1.807, 2.05) is 36.4 Å². The van der Waals surface area contributed by atoms with E-state index in [2.05, 4.69) is 37.9 Å². The largest absolute Gasteiger partial charge is 0.324 e. The fourth-order valence-corrected chi connectivity index (χ4v) is 2.46. The highest BCUT2D eigenvalue weighted by Crippen LogP contribution is 2.24. The molecular weight excluding hydrogens is 353 g/mol. The van der Waals surface area contributed by atoms with Crippen LogP contribution in [-0.4, -0.2) is 23.1 Å². The topological polar surface area (TPSA) is 54.4 Å². The molecule has 1 aliphatic heterocycles. The standard InChI is InChI=1S/C14H10IN3O/c15-9-4-5-11-10(7-9)14(17-8-13(19)18-11)12-3-1-2-6-16-12/h1-7H,8H2,(H,18,19). The molecule has 19 heavy (non-hydrogen) atoms. The van der Waals surface area contributed by atoms with Crippen molar-refractivity contribution in [3.8, 4) is 0 Å². The van der Waals surface area contributed by atoms with Gasteiger partial charge < -0.3 is 5.32 Å². The highest BCUT2D eigenvalue weighted by Gasteiger charge is 2.18. The molecule has 0 atom stereocenters. The van der Waals surface area contributed by atoms with E-state index in [0.717, 1.165) is 26.2 Å². The number of fused-ring (bicyclic) bond motifs is 1. The van der Waals surface area contributed by atoms with Gasteiger partial charge in [0.25, 0.3) is 0 Å². The number of nitrogens with zero attached hydrogens (tertiary/aromatic N) is 2. The minimum atomic E-state index is -0.103. The zero-order valence-corrected chi connectivity index (χ0v) is 12.1. The van der Waals surface area contributed by atoms with Crippen molar-refractivity contribution < 1.29 is 4.79 Å². The van der Waals surface area contributed by atoms with Gasteiger partial charge in [0.15, 0.2) is 0 Å². The van der Waals surface area contributed by atoms with Gasteiger partial charge in [-0.05, 0) is 52.9 Å². The van der Waals surface area contributed by atoms with E-state index in [9.17, 15) is 4.79 Å². The van der Waals surface area contributed by atoms with Gasteiger partial charge in [0.1, 0.15) is 6.54 Å². The molecule has 0 spiro atoms. The zero-order valence-electron chi connectivity index (χ0n) is 9.93. The number of pyridine rings is 1. The lowest BCUT2D eigenvalue weighted by atomic mass is 10.0. The summed E-state index contributed by atoms with van der Waals surface area (Å²) in [4.78, 5) is 20.4. The molecule has 1 N–H and O–H groups in total. The summed E-state index contributed by atoms with van der Waals surface area (Å²) in [6, 6.07) is 11.5. The fourth-order valence-electron chi connectivity index (χ4n) is 1.97. The Morgan fingerprint density at radius 1 is 1.21 bits per heavy atom. The van der Waals surface area contributed by atoms with Gasteiger partial charge >= 0.3 is 0 Å². The monoisotopic (exact) mass is 363 g/mol. The van der Waals surface area contributed by atoms with Crippen molar-refractivity contribution >= 4 is 39.9 Å². The third kappa shape index (κ3) is 2.51. The molecule has 4 nitrogen and oxygen atoms in total. The Bertz CT molecular complexity index is 668. The van der Waals surface area contributed by atoms with Crippen LogP contribution in [0.15, 0.2) is 47.6 Å². The molecule has 5 heteroatoms. The SMILES string of the molecule is O=C1CN=C(c2ccccn2)c2cc(I)ccc2N1. The molecular formula is C14H10IN3O. The van der Waals surface area contributed by atoms with Crippen LogP contribution in [0.5, 0.6) is 0 Å². The van der Waals surface area contributed by atoms with Crippen LogP contribution in [0.4, 0.5) is 5.69 Å². The first-order valence-electron chi connectivity index (χ1n) is 5.80.